The van der Waals surface area contributed by atoms with E-state index in [1.807, 2.05) is 18.7 Å². The molecule has 1 heterocycles. The largest absolute Gasteiger partial charge is 0.349 e. The minimum atomic E-state index is 0.0443. The van der Waals surface area contributed by atoms with E-state index >= 15 is 0 Å². The van der Waals surface area contributed by atoms with Crippen molar-refractivity contribution >= 4 is 17.7 Å². The Kier molecular flexibility index (Phi) is 4.06. The molecule has 1 fully saturated rings. The molecule has 2 unspecified atom stereocenters. The molecule has 0 N–H and O–H groups in total. The fourth-order valence-electron chi connectivity index (χ4n) is 1.41. The second-order valence-corrected chi connectivity index (χ2v) is 4.72. The Hall–Kier alpha value is -0.220. The second-order valence-electron chi connectivity index (χ2n) is 3.57. The van der Waals surface area contributed by atoms with Crippen molar-refractivity contribution in [3.05, 3.63) is 0 Å². The van der Waals surface area contributed by atoms with Crippen molar-refractivity contribution in [1.82, 2.24) is 10.2 Å². The summed E-state index contributed by atoms with van der Waals surface area (Å²) in [5.41, 5.74) is 0. The van der Waals surface area contributed by atoms with Gasteiger partial charge in [0.1, 0.15) is 0 Å². The second kappa shape index (κ2) is 4.86. The molecule has 0 aromatic heterocycles. The highest BCUT2D eigenvalue weighted by Gasteiger charge is 2.27. The summed E-state index contributed by atoms with van der Waals surface area (Å²) in [4.78, 5) is 13.3. The molecule has 0 saturated carbocycles. The highest BCUT2D eigenvalue weighted by molar-refractivity contribution is 7.99. The first-order chi connectivity index (χ1) is 6.13. The average molecular weight is 201 g/mol. The molecule has 1 aliphatic heterocycles. The molecule has 3 nitrogen and oxygen atoms in total. The van der Waals surface area contributed by atoms with Gasteiger partial charge in [0.25, 0.3) is 0 Å². The monoisotopic (exact) mass is 201 g/mol. The summed E-state index contributed by atoms with van der Waals surface area (Å²) < 4.78 is 0. The summed E-state index contributed by atoms with van der Waals surface area (Å²) in [6.45, 7) is 2.88. The molecule has 0 spiro atoms. The average Bonchev–Trinajstić information content (AvgIpc) is 2.17. The van der Waals surface area contributed by atoms with Crippen LogP contribution in [-0.2, 0) is 4.79 Å². The minimum absolute atomic E-state index is 0.0443. The summed E-state index contributed by atoms with van der Waals surface area (Å²) in [6, 6.07) is 0.230. The zero-order valence-corrected chi connectivity index (χ0v) is 9.30. The van der Waals surface area contributed by atoms with E-state index in [1.165, 1.54) is 0 Å². The van der Waals surface area contributed by atoms with E-state index < -0.39 is 0 Å². The first kappa shape index (κ1) is 10.9. The molecule has 0 aromatic rings. The normalized spacial score (nSPS) is 25.3. The van der Waals surface area contributed by atoms with Crippen molar-refractivity contribution in [2.24, 2.45) is 5.92 Å². The highest BCUT2D eigenvalue weighted by atomic mass is 32.2. The Balaban J connectivity index is 2.45. The molecule has 1 saturated heterocycles. The molecule has 13 heavy (non-hydrogen) atoms. The van der Waals surface area contributed by atoms with Crippen molar-refractivity contribution in [1.29, 1.82) is 0 Å². The predicted molar refractivity (Wildman–Crippen MR) is 56.0 cm³/mol. The summed E-state index contributed by atoms with van der Waals surface area (Å²) in [7, 11) is 3.60. The van der Waals surface area contributed by atoms with Gasteiger partial charge in [0.2, 0.25) is 5.91 Å². The fraction of sp³-hybridized carbons (Fsp3) is 0.889. The van der Waals surface area contributed by atoms with Crippen LogP contribution in [0.2, 0.25) is 0 Å². The number of carbonyl (C=O) groups is 1. The molecule has 75 valence electrons. The first-order valence-electron chi connectivity index (χ1n) is 4.58. The summed E-state index contributed by atoms with van der Waals surface area (Å²) in [5.74, 6) is 2.35. The fourth-order valence-corrected chi connectivity index (χ4v) is 2.45. The lowest BCUT2D eigenvalue weighted by atomic mass is 10.0. The van der Waals surface area contributed by atoms with E-state index in [2.05, 4.69) is 5.32 Å². The molecule has 1 radical (unpaired) electrons. The zero-order chi connectivity index (χ0) is 9.84. The summed E-state index contributed by atoms with van der Waals surface area (Å²) >= 11 is 1.90. The molecule has 1 aliphatic rings. The Morgan fingerprint density at radius 1 is 1.62 bits per heavy atom. The van der Waals surface area contributed by atoms with Gasteiger partial charge in [-0.15, -0.1) is 0 Å². The molecule has 0 bridgehead atoms. The zero-order valence-electron chi connectivity index (χ0n) is 8.49. The highest BCUT2D eigenvalue weighted by Crippen LogP contribution is 2.17. The van der Waals surface area contributed by atoms with Gasteiger partial charge in [-0.25, -0.2) is 5.32 Å². The molecule has 0 aliphatic carbocycles. The number of amides is 1. The van der Waals surface area contributed by atoms with Gasteiger partial charge in [0, 0.05) is 38.2 Å². The van der Waals surface area contributed by atoms with Gasteiger partial charge in [0.05, 0.1) is 5.92 Å². The van der Waals surface area contributed by atoms with Crippen molar-refractivity contribution in [2.75, 3.05) is 32.1 Å². The van der Waals surface area contributed by atoms with Crippen molar-refractivity contribution in [3.63, 3.8) is 0 Å². The summed E-state index contributed by atoms with van der Waals surface area (Å²) in [5, 5.41) is 4.46. The van der Waals surface area contributed by atoms with E-state index in [0.29, 0.717) is 0 Å². The van der Waals surface area contributed by atoms with Crippen LogP contribution in [0.4, 0.5) is 0 Å². The molecule has 4 heteroatoms. The van der Waals surface area contributed by atoms with Crippen LogP contribution in [0.5, 0.6) is 0 Å². The van der Waals surface area contributed by atoms with Gasteiger partial charge in [-0.05, 0) is 0 Å². The van der Waals surface area contributed by atoms with E-state index in [9.17, 15) is 4.79 Å². The topological polar surface area (TPSA) is 34.4 Å². The van der Waals surface area contributed by atoms with Crippen LogP contribution in [0, 0.1) is 5.92 Å². The molecular formula is C9H17N2OS. The SMILES string of the molecule is CC(C(=O)N(C)C)C1CSCC[N]1. The number of hydrogen-bond acceptors (Lipinski definition) is 2. The standard InChI is InChI=1S/C9H17N2OS/c1-7(9(12)11(2)3)8-6-13-5-4-10-8/h7-8H,4-6H2,1-3H3. The maximum Gasteiger partial charge on any atom is 0.226 e. The number of rotatable bonds is 2. The lowest BCUT2D eigenvalue weighted by Crippen LogP contribution is -2.43. The summed E-state index contributed by atoms with van der Waals surface area (Å²) in [6.07, 6.45) is 0. The number of nitrogens with zero attached hydrogens (tertiary/aromatic N) is 2. The van der Waals surface area contributed by atoms with Gasteiger partial charge in [-0.2, -0.15) is 11.8 Å². The van der Waals surface area contributed by atoms with E-state index in [0.717, 1.165) is 18.1 Å². The lowest BCUT2D eigenvalue weighted by molar-refractivity contribution is -0.133. The quantitative estimate of drug-likeness (QED) is 0.649. The number of hydrogen-bond donors (Lipinski definition) is 0. The molecule has 1 rings (SSSR count). The van der Waals surface area contributed by atoms with Gasteiger partial charge in [-0.1, -0.05) is 6.92 Å². The smallest absolute Gasteiger partial charge is 0.226 e. The van der Waals surface area contributed by atoms with Crippen LogP contribution >= 0.6 is 11.8 Å². The van der Waals surface area contributed by atoms with Crippen molar-refractivity contribution in [3.8, 4) is 0 Å². The van der Waals surface area contributed by atoms with Crippen molar-refractivity contribution in [2.45, 2.75) is 13.0 Å². The maximum atomic E-state index is 11.6. The Bertz CT molecular complexity index is 178. The molecular weight excluding hydrogens is 184 g/mol. The van der Waals surface area contributed by atoms with Gasteiger partial charge < -0.3 is 4.90 Å². The van der Waals surface area contributed by atoms with Crippen LogP contribution < -0.4 is 5.32 Å². The Morgan fingerprint density at radius 3 is 2.77 bits per heavy atom. The minimum Gasteiger partial charge on any atom is -0.349 e. The third-order valence-corrected chi connectivity index (χ3v) is 3.34. The first-order valence-corrected chi connectivity index (χ1v) is 5.74. The van der Waals surface area contributed by atoms with E-state index in [-0.39, 0.29) is 17.9 Å². The van der Waals surface area contributed by atoms with Crippen LogP contribution in [0.3, 0.4) is 0 Å². The van der Waals surface area contributed by atoms with E-state index in [4.69, 9.17) is 0 Å². The molecule has 0 aromatic carbocycles. The van der Waals surface area contributed by atoms with Gasteiger partial charge in [0.15, 0.2) is 0 Å². The molecule has 2 atom stereocenters. The van der Waals surface area contributed by atoms with Crippen LogP contribution in [-0.4, -0.2) is 49.0 Å². The number of carbonyl (C=O) groups excluding carboxylic acids is 1. The van der Waals surface area contributed by atoms with Crippen LogP contribution in [0.25, 0.3) is 0 Å². The van der Waals surface area contributed by atoms with E-state index in [1.54, 1.807) is 19.0 Å². The van der Waals surface area contributed by atoms with Crippen molar-refractivity contribution < 1.29 is 4.79 Å². The molecule has 1 amide bonds. The maximum absolute atomic E-state index is 11.6. The Morgan fingerprint density at radius 2 is 2.31 bits per heavy atom. The lowest BCUT2D eigenvalue weighted by Gasteiger charge is -2.28. The van der Waals surface area contributed by atoms with Crippen LogP contribution in [0.1, 0.15) is 6.92 Å². The number of thioether (sulfide) groups is 1. The Labute approximate surface area is 84.2 Å². The van der Waals surface area contributed by atoms with Gasteiger partial charge in [-0.3, -0.25) is 4.79 Å². The third kappa shape index (κ3) is 2.88. The predicted octanol–water partition coefficient (Wildman–Crippen LogP) is 0.431. The third-order valence-electron chi connectivity index (χ3n) is 2.30. The van der Waals surface area contributed by atoms with Gasteiger partial charge >= 0.3 is 0 Å². The van der Waals surface area contributed by atoms with Crippen LogP contribution in [0.15, 0.2) is 0 Å².